The molecule has 0 saturated carbocycles. The molecule has 1 N–H and O–H groups in total. The van der Waals surface area contributed by atoms with E-state index in [1.54, 1.807) is 12.0 Å². The molecule has 1 unspecified atom stereocenters. The van der Waals surface area contributed by atoms with Crippen LogP contribution in [0.5, 0.6) is 5.75 Å². The standard InChI is InChI=1S/C24H26N4O3/c1-27(13-12-17-8-4-3-5-9-17)24-25-19(15-22(29)26-24)18-14-23(30)28(16-18)20-10-6-7-11-21(20)31-2/h3-11,15,18H,12-14,16H2,1-2H3,(H,25,26,29). The maximum absolute atomic E-state index is 12.7. The van der Waals surface area contributed by atoms with Gasteiger partial charge < -0.3 is 14.5 Å². The van der Waals surface area contributed by atoms with Crippen molar-refractivity contribution in [2.24, 2.45) is 0 Å². The monoisotopic (exact) mass is 418 g/mol. The summed E-state index contributed by atoms with van der Waals surface area (Å²) >= 11 is 0. The Morgan fingerprint density at radius 3 is 2.65 bits per heavy atom. The Morgan fingerprint density at radius 1 is 1.13 bits per heavy atom. The van der Waals surface area contributed by atoms with Crippen molar-refractivity contribution in [3.63, 3.8) is 0 Å². The molecule has 1 aliphatic rings. The van der Waals surface area contributed by atoms with E-state index in [0.717, 1.165) is 12.1 Å². The molecule has 1 saturated heterocycles. The zero-order valence-electron chi connectivity index (χ0n) is 17.7. The number of benzene rings is 2. The van der Waals surface area contributed by atoms with E-state index in [-0.39, 0.29) is 17.4 Å². The number of ether oxygens (including phenoxy) is 1. The number of H-pyrrole nitrogens is 1. The highest BCUT2D eigenvalue weighted by atomic mass is 16.5. The summed E-state index contributed by atoms with van der Waals surface area (Å²) in [6.07, 6.45) is 1.15. The highest BCUT2D eigenvalue weighted by Crippen LogP contribution is 2.35. The Labute approximate surface area is 181 Å². The van der Waals surface area contributed by atoms with E-state index >= 15 is 0 Å². The van der Waals surface area contributed by atoms with Crippen molar-refractivity contribution in [1.29, 1.82) is 0 Å². The van der Waals surface area contributed by atoms with Crippen molar-refractivity contribution >= 4 is 17.5 Å². The van der Waals surface area contributed by atoms with Gasteiger partial charge in [-0.1, -0.05) is 42.5 Å². The number of hydrogen-bond donors (Lipinski definition) is 1. The van der Waals surface area contributed by atoms with Crippen LogP contribution in [0.2, 0.25) is 0 Å². The average molecular weight is 418 g/mol. The van der Waals surface area contributed by atoms with Crippen molar-refractivity contribution in [3.05, 3.63) is 82.3 Å². The van der Waals surface area contributed by atoms with Crippen LogP contribution in [0.1, 0.15) is 23.6 Å². The van der Waals surface area contributed by atoms with E-state index in [0.29, 0.717) is 36.9 Å². The largest absolute Gasteiger partial charge is 0.495 e. The van der Waals surface area contributed by atoms with Gasteiger partial charge in [-0.05, 0) is 24.1 Å². The van der Waals surface area contributed by atoms with Crippen LogP contribution in [0.4, 0.5) is 11.6 Å². The lowest BCUT2D eigenvalue weighted by atomic mass is 10.0. The van der Waals surface area contributed by atoms with Gasteiger partial charge in [0, 0.05) is 38.5 Å². The van der Waals surface area contributed by atoms with Gasteiger partial charge in [0.05, 0.1) is 18.5 Å². The summed E-state index contributed by atoms with van der Waals surface area (Å²) in [4.78, 5) is 36.2. The van der Waals surface area contributed by atoms with E-state index in [1.807, 2.05) is 54.4 Å². The smallest absolute Gasteiger partial charge is 0.252 e. The molecule has 1 aliphatic heterocycles. The first kappa shape index (κ1) is 20.7. The molecule has 1 aromatic heterocycles. The maximum Gasteiger partial charge on any atom is 0.252 e. The van der Waals surface area contributed by atoms with Crippen LogP contribution in [0.25, 0.3) is 0 Å². The predicted octanol–water partition coefficient (Wildman–Crippen LogP) is 2.98. The Kier molecular flexibility index (Phi) is 6.02. The Hall–Kier alpha value is -3.61. The lowest BCUT2D eigenvalue weighted by Gasteiger charge is -2.20. The van der Waals surface area contributed by atoms with E-state index in [2.05, 4.69) is 17.1 Å². The number of carbonyl (C=O) groups is 1. The first-order valence-corrected chi connectivity index (χ1v) is 10.3. The number of methoxy groups -OCH3 is 1. The number of rotatable bonds is 7. The number of likely N-dealkylation sites (N-methyl/N-ethyl adjacent to an activating group) is 1. The van der Waals surface area contributed by atoms with E-state index < -0.39 is 0 Å². The molecule has 160 valence electrons. The second-order valence-corrected chi connectivity index (χ2v) is 7.73. The fraction of sp³-hybridized carbons (Fsp3) is 0.292. The highest BCUT2D eigenvalue weighted by molar-refractivity contribution is 5.97. The van der Waals surface area contributed by atoms with Crippen LogP contribution < -0.4 is 20.1 Å². The summed E-state index contributed by atoms with van der Waals surface area (Å²) in [5, 5.41) is 0. The number of aromatic amines is 1. The summed E-state index contributed by atoms with van der Waals surface area (Å²) in [7, 11) is 3.50. The van der Waals surface area contributed by atoms with Gasteiger partial charge >= 0.3 is 0 Å². The topological polar surface area (TPSA) is 78.5 Å². The number of nitrogens with one attached hydrogen (secondary N) is 1. The number of anilines is 2. The first-order chi connectivity index (χ1) is 15.0. The fourth-order valence-corrected chi connectivity index (χ4v) is 3.89. The van der Waals surface area contributed by atoms with Gasteiger partial charge in [-0.25, -0.2) is 4.98 Å². The normalized spacial score (nSPS) is 15.9. The molecule has 0 spiro atoms. The van der Waals surface area contributed by atoms with Crippen LogP contribution in [0.3, 0.4) is 0 Å². The Balaban J connectivity index is 1.52. The summed E-state index contributed by atoms with van der Waals surface area (Å²) in [5.41, 5.74) is 2.38. The highest BCUT2D eigenvalue weighted by Gasteiger charge is 2.34. The van der Waals surface area contributed by atoms with Crippen LogP contribution >= 0.6 is 0 Å². The minimum atomic E-state index is -0.213. The number of hydrogen-bond acceptors (Lipinski definition) is 5. The molecular formula is C24H26N4O3. The van der Waals surface area contributed by atoms with E-state index in [4.69, 9.17) is 9.72 Å². The zero-order chi connectivity index (χ0) is 21.8. The summed E-state index contributed by atoms with van der Waals surface area (Å²) in [6, 6.07) is 19.1. The predicted molar refractivity (Wildman–Crippen MR) is 121 cm³/mol. The van der Waals surface area contributed by atoms with Crippen LogP contribution in [-0.2, 0) is 11.2 Å². The lowest BCUT2D eigenvalue weighted by Crippen LogP contribution is -2.27. The maximum atomic E-state index is 12.7. The molecule has 1 amide bonds. The minimum absolute atomic E-state index is 0.00411. The molecule has 0 aliphatic carbocycles. The molecule has 7 heteroatoms. The average Bonchev–Trinajstić information content (AvgIpc) is 3.19. The lowest BCUT2D eigenvalue weighted by molar-refractivity contribution is -0.117. The Morgan fingerprint density at radius 2 is 1.87 bits per heavy atom. The molecule has 2 heterocycles. The molecule has 3 aromatic rings. The summed E-state index contributed by atoms with van der Waals surface area (Å²) < 4.78 is 5.41. The third kappa shape index (κ3) is 4.60. The number of amides is 1. The van der Waals surface area contributed by atoms with Gasteiger partial charge in [0.25, 0.3) is 5.56 Å². The summed E-state index contributed by atoms with van der Waals surface area (Å²) in [5.74, 6) is 1.01. The zero-order valence-corrected chi connectivity index (χ0v) is 17.7. The molecule has 1 atom stereocenters. The third-order valence-corrected chi connectivity index (χ3v) is 5.61. The molecule has 4 rings (SSSR count). The van der Waals surface area contributed by atoms with Crippen molar-refractivity contribution in [1.82, 2.24) is 9.97 Å². The van der Waals surface area contributed by atoms with E-state index in [9.17, 15) is 9.59 Å². The molecular weight excluding hydrogens is 392 g/mol. The van der Waals surface area contributed by atoms with Gasteiger partial charge in [-0.3, -0.25) is 14.6 Å². The fourth-order valence-electron chi connectivity index (χ4n) is 3.89. The third-order valence-electron chi connectivity index (χ3n) is 5.61. The molecule has 0 bridgehead atoms. The first-order valence-electron chi connectivity index (χ1n) is 10.3. The molecule has 2 aromatic carbocycles. The molecule has 31 heavy (non-hydrogen) atoms. The minimum Gasteiger partial charge on any atom is -0.495 e. The van der Waals surface area contributed by atoms with Gasteiger partial charge in [0.2, 0.25) is 11.9 Å². The quantitative estimate of drug-likeness (QED) is 0.638. The van der Waals surface area contributed by atoms with Gasteiger partial charge in [0.1, 0.15) is 5.75 Å². The second-order valence-electron chi connectivity index (χ2n) is 7.73. The summed E-state index contributed by atoms with van der Waals surface area (Å²) in [6.45, 7) is 1.18. The van der Waals surface area contributed by atoms with Crippen LogP contribution in [-0.4, -0.2) is 43.1 Å². The number of para-hydroxylation sites is 2. The molecule has 0 radical (unpaired) electrons. The second kappa shape index (κ2) is 9.04. The van der Waals surface area contributed by atoms with Crippen LogP contribution in [0.15, 0.2) is 65.5 Å². The number of carbonyl (C=O) groups excluding carboxylic acids is 1. The Bertz CT molecular complexity index is 1110. The SMILES string of the molecule is COc1ccccc1N1CC(c2cc(=O)[nH]c(N(C)CCc3ccccc3)n2)CC1=O. The van der Waals surface area contributed by atoms with Gasteiger partial charge in [-0.15, -0.1) is 0 Å². The molecule has 7 nitrogen and oxygen atoms in total. The van der Waals surface area contributed by atoms with E-state index in [1.165, 1.54) is 11.6 Å². The van der Waals surface area contributed by atoms with Gasteiger partial charge in [0.15, 0.2) is 0 Å². The van der Waals surface area contributed by atoms with Gasteiger partial charge in [-0.2, -0.15) is 0 Å². The van der Waals surface area contributed by atoms with Crippen LogP contribution in [0, 0.1) is 0 Å². The number of nitrogens with zero attached hydrogens (tertiary/aromatic N) is 3. The van der Waals surface area contributed by atoms with Crippen molar-refractivity contribution in [2.45, 2.75) is 18.8 Å². The van der Waals surface area contributed by atoms with Crippen molar-refractivity contribution in [3.8, 4) is 5.75 Å². The van der Waals surface area contributed by atoms with Crippen molar-refractivity contribution < 1.29 is 9.53 Å². The van der Waals surface area contributed by atoms with Crippen molar-refractivity contribution in [2.75, 3.05) is 37.0 Å². The molecule has 1 fully saturated rings. The number of aromatic nitrogens is 2.